The van der Waals surface area contributed by atoms with Crippen LogP contribution >= 0.6 is 23.8 Å². The predicted molar refractivity (Wildman–Crippen MR) is 128 cm³/mol. The number of nitrogens with one attached hydrogen (secondary N) is 1. The van der Waals surface area contributed by atoms with Crippen molar-refractivity contribution in [3.63, 3.8) is 0 Å². The van der Waals surface area contributed by atoms with Crippen LogP contribution in [0.1, 0.15) is 23.2 Å². The van der Waals surface area contributed by atoms with Gasteiger partial charge in [0, 0.05) is 51.9 Å². The van der Waals surface area contributed by atoms with Gasteiger partial charge in [-0.1, -0.05) is 11.6 Å². The lowest BCUT2D eigenvalue weighted by Gasteiger charge is -2.25. The SMILES string of the molecule is COc1ccc(OC)c(CCNC(=S)N2CCCN(Cc3c(C)nn(C)c3Cl)CC2)c1. The van der Waals surface area contributed by atoms with Gasteiger partial charge in [-0.2, -0.15) is 5.10 Å². The summed E-state index contributed by atoms with van der Waals surface area (Å²) >= 11 is 12.1. The van der Waals surface area contributed by atoms with E-state index in [0.717, 1.165) is 90.7 Å². The molecule has 1 saturated heterocycles. The molecular formula is C22H32ClN5O2S. The van der Waals surface area contributed by atoms with Crippen molar-refractivity contribution in [3.8, 4) is 11.5 Å². The van der Waals surface area contributed by atoms with E-state index in [2.05, 4.69) is 20.2 Å². The molecular weight excluding hydrogens is 434 g/mol. The van der Waals surface area contributed by atoms with Crippen molar-refractivity contribution in [2.75, 3.05) is 46.9 Å². The maximum absolute atomic E-state index is 6.42. The van der Waals surface area contributed by atoms with Crippen LogP contribution in [0.2, 0.25) is 5.15 Å². The molecule has 7 nitrogen and oxygen atoms in total. The second-order valence-corrected chi connectivity index (χ2v) is 8.50. The van der Waals surface area contributed by atoms with Crippen LogP contribution in [0.4, 0.5) is 0 Å². The fraction of sp³-hybridized carbons (Fsp3) is 0.545. The fourth-order valence-electron chi connectivity index (χ4n) is 3.90. The summed E-state index contributed by atoms with van der Waals surface area (Å²) < 4.78 is 12.5. The van der Waals surface area contributed by atoms with Crippen LogP contribution in [0.15, 0.2) is 18.2 Å². The zero-order valence-corrected chi connectivity index (χ0v) is 20.4. The van der Waals surface area contributed by atoms with Crippen molar-refractivity contribution in [1.82, 2.24) is 24.9 Å². The van der Waals surface area contributed by atoms with E-state index in [-0.39, 0.29) is 0 Å². The van der Waals surface area contributed by atoms with E-state index in [9.17, 15) is 0 Å². The maximum Gasteiger partial charge on any atom is 0.168 e. The number of methoxy groups -OCH3 is 2. The number of thiocarbonyl (C=S) groups is 1. The molecule has 0 saturated carbocycles. The van der Waals surface area contributed by atoms with Gasteiger partial charge >= 0.3 is 0 Å². The van der Waals surface area contributed by atoms with Crippen molar-refractivity contribution >= 4 is 28.9 Å². The van der Waals surface area contributed by atoms with E-state index in [4.69, 9.17) is 33.3 Å². The van der Waals surface area contributed by atoms with Crippen molar-refractivity contribution in [3.05, 3.63) is 40.2 Å². The molecule has 1 aliphatic rings. The number of ether oxygens (including phenoxy) is 2. The molecule has 0 spiro atoms. The Labute approximate surface area is 195 Å². The average Bonchev–Trinajstić information content (AvgIpc) is 2.94. The van der Waals surface area contributed by atoms with Crippen molar-refractivity contribution in [2.24, 2.45) is 7.05 Å². The van der Waals surface area contributed by atoms with E-state index in [1.54, 1.807) is 18.9 Å². The summed E-state index contributed by atoms with van der Waals surface area (Å²) in [6.07, 6.45) is 1.86. The number of aryl methyl sites for hydroxylation is 2. The Kier molecular flexibility index (Phi) is 8.40. The molecule has 0 unspecified atom stereocenters. The first-order chi connectivity index (χ1) is 14.9. The molecule has 1 aliphatic heterocycles. The molecule has 0 atom stereocenters. The van der Waals surface area contributed by atoms with Crippen molar-refractivity contribution in [2.45, 2.75) is 26.3 Å². The standard InChI is InChI=1S/C22H32ClN5O2S/c1-16-19(21(23)26(2)25-16)15-27-10-5-11-28(13-12-27)22(31)24-9-8-17-14-18(29-3)6-7-20(17)30-4/h6-7,14H,5,8-13,15H2,1-4H3,(H,24,31). The lowest BCUT2D eigenvalue weighted by atomic mass is 10.1. The molecule has 1 aromatic carbocycles. The van der Waals surface area contributed by atoms with Gasteiger partial charge < -0.3 is 19.7 Å². The largest absolute Gasteiger partial charge is 0.497 e. The topological polar surface area (TPSA) is 54.8 Å². The zero-order chi connectivity index (χ0) is 22.4. The van der Waals surface area contributed by atoms with Crippen molar-refractivity contribution < 1.29 is 9.47 Å². The van der Waals surface area contributed by atoms with Gasteiger partial charge in [-0.3, -0.25) is 9.58 Å². The Bertz CT molecular complexity index is 904. The normalized spacial score (nSPS) is 14.9. The van der Waals surface area contributed by atoms with Gasteiger partial charge in [0.2, 0.25) is 0 Å². The van der Waals surface area contributed by atoms with Gasteiger partial charge in [0.25, 0.3) is 0 Å². The number of aromatic nitrogens is 2. The second kappa shape index (κ2) is 11.0. The summed E-state index contributed by atoms with van der Waals surface area (Å²) in [5.41, 5.74) is 3.22. The Morgan fingerprint density at radius 2 is 2.00 bits per heavy atom. The molecule has 9 heteroatoms. The van der Waals surface area contributed by atoms with Crippen LogP contribution in [0.3, 0.4) is 0 Å². The molecule has 0 amide bonds. The molecule has 31 heavy (non-hydrogen) atoms. The number of hydrogen-bond acceptors (Lipinski definition) is 5. The molecule has 1 fully saturated rings. The summed E-state index contributed by atoms with van der Waals surface area (Å²) in [7, 11) is 5.24. The minimum Gasteiger partial charge on any atom is -0.497 e. The molecule has 3 rings (SSSR count). The number of rotatable bonds is 7. The molecule has 1 aromatic heterocycles. The van der Waals surface area contributed by atoms with Gasteiger partial charge in [0.15, 0.2) is 5.11 Å². The molecule has 0 bridgehead atoms. The fourth-order valence-corrected chi connectivity index (χ4v) is 4.42. The van der Waals surface area contributed by atoms with E-state index >= 15 is 0 Å². The Morgan fingerprint density at radius 3 is 2.68 bits per heavy atom. The van der Waals surface area contributed by atoms with Crippen LogP contribution in [0.5, 0.6) is 11.5 Å². The summed E-state index contributed by atoms with van der Waals surface area (Å²) in [6.45, 7) is 7.38. The first kappa shape index (κ1) is 23.6. The van der Waals surface area contributed by atoms with E-state index < -0.39 is 0 Å². The highest BCUT2D eigenvalue weighted by Crippen LogP contribution is 2.24. The molecule has 0 aliphatic carbocycles. The van der Waals surface area contributed by atoms with E-state index in [1.165, 1.54) is 0 Å². The number of halogens is 1. The van der Waals surface area contributed by atoms with Crippen LogP contribution in [-0.2, 0) is 20.0 Å². The minimum atomic E-state index is 0.726. The lowest BCUT2D eigenvalue weighted by Crippen LogP contribution is -2.42. The monoisotopic (exact) mass is 465 g/mol. The van der Waals surface area contributed by atoms with Crippen LogP contribution in [0.25, 0.3) is 0 Å². The van der Waals surface area contributed by atoms with Crippen LogP contribution < -0.4 is 14.8 Å². The van der Waals surface area contributed by atoms with Gasteiger partial charge in [0.1, 0.15) is 16.7 Å². The van der Waals surface area contributed by atoms with E-state index in [1.807, 2.05) is 32.2 Å². The van der Waals surface area contributed by atoms with Gasteiger partial charge in [-0.15, -0.1) is 0 Å². The van der Waals surface area contributed by atoms with Crippen LogP contribution in [-0.4, -0.2) is 71.6 Å². The van der Waals surface area contributed by atoms with Gasteiger partial charge in [-0.05, 0) is 55.7 Å². The maximum atomic E-state index is 6.42. The third kappa shape index (κ3) is 6.02. The Balaban J connectivity index is 1.50. The third-order valence-electron chi connectivity index (χ3n) is 5.69. The van der Waals surface area contributed by atoms with Crippen molar-refractivity contribution in [1.29, 1.82) is 0 Å². The summed E-state index contributed by atoms with van der Waals surface area (Å²) in [6, 6.07) is 5.86. The quantitative estimate of drug-likeness (QED) is 0.631. The first-order valence-electron chi connectivity index (χ1n) is 10.6. The smallest absolute Gasteiger partial charge is 0.168 e. The highest BCUT2D eigenvalue weighted by molar-refractivity contribution is 7.80. The highest BCUT2D eigenvalue weighted by atomic mass is 35.5. The van der Waals surface area contributed by atoms with Crippen LogP contribution in [0, 0.1) is 6.92 Å². The summed E-state index contributed by atoms with van der Waals surface area (Å²) in [4.78, 5) is 4.69. The number of benzene rings is 1. The Hall–Kier alpha value is -2.03. The van der Waals surface area contributed by atoms with E-state index in [0.29, 0.717) is 0 Å². The second-order valence-electron chi connectivity index (χ2n) is 7.75. The molecule has 2 heterocycles. The zero-order valence-electron chi connectivity index (χ0n) is 18.8. The Morgan fingerprint density at radius 1 is 1.19 bits per heavy atom. The summed E-state index contributed by atoms with van der Waals surface area (Å²) in [5.74, 6) is 1.69. The van der Waals surface area contributed by atoms with Gasteiger partial charge in [-0.25, -0.2) is 0 Å². The lowest BCUT2D eigenvalue weighted by molar-refractivity contribution is 0.277. The predicted octanol–water partition coefficient (Wildman–Crippen LogP) is 3.02. The number of nitrogens with zero attached hydrogens (tertiary/aromatic N) is 4. The third-order valence-corrected chi connectivity index (χ3v) is 6.56. The highest BCUT2D eigenvalue weighted by Gasteiger charge is 2.20. The first-order valence-corrected chi connectivity index (χ1v) is 11.4. The molecule has 1 N–H and O–H groups in total. The molecule has 170 valence electrons. The summed E-state index contributed by atoms with van der Waals surface area (Å²) in [5, 5.41) is 9.37. The number of hydrogen-bond donors (Lipinski definition) is 1. The minimum absolute atomic E-state index is 0.726. The molecule has 0 radical (unpaired) electrons. The van der Waals surface area contributed by atoms with Gasteiger partial charge in [0.05, 0.1) is 19.9 Å². The average molecular weight is 466 g/mol. The molecule has 2 aromatic rings.